The van der Waals surface area contributed by atoms with Crippen LogP contribution in [-0.2, 0) is 17.6 Å². The molecule has 0 spiro atoms. The predicted molar refractivity (Wildman–Crippen MR) is 116 cm³/mol. The molecule has 0 bridgehead atoms. The smallest absolute Gasteiger partial charge is 0.226 e. The van der Waals surface area contributed by atoms with Crippen LogP contribution in [0.5, 0.6) is 11.6 Å². The Hall–Kier alpha value is -3.15. The fraction of sp³-hybridized carbons (Fsp3) is 0.333. The summed E-state index contributed by atoms with van der Waals surface area (Å²) in [6.45, 7) is 7.31. The van der Waals surface area contributed by atoms with Crippen molar-refractivity contribution in [2.45, 2.75) is 40.0 Å². The van der Waals surface area contributed by atoms with Gasteiger partial charge in [-0.2, -0.15) is 5.10 Å². The van der Waals surface area contributed by atoms with Crippen molar-refractivity contribution in [2.75, 3.05) is 13.1 Å². The topological polar surface area (TPSA) is 47.4 Å². The number of para-hydroxylation sites is 2. The number of ether oxygens (including phenoxy) is 1. The zero-order valence-electron chi connectivity index (χ0n) is 17.8. The van der Waals surface area contributed by atoms with E-state index in [1.165, 1.54) is 6.07 Å². The van der Waals surface area contributed by atoms with Crippen LogP contribution in [0.1, 0.15) is 38.4 Å². The number of benzene rings is 2. The van der Waals surface area contributed by atoms with Gasteiger partial charge in [-0.1, -0.05) is 37.3 Å². The number of nitrogens with zero attached hydrogens (tertiary/aromatic N) is 3. The van der Waals surface area contributed by atoms with Crippen molar-refractivity contribution in [2.24, 2.45) is 0 Å². The van der Waals surface area contributed by atoms with E-state index >= 15 is 0 Å². The van der Waals surface area contributed by atoms with Crippen LogP contribution in [0.25, 0.3) is 5.69 Å². The number of carbonyl (C=O) groups is 1. The lowest BCUT2D eigenvalue weighted by Crippen LogP contribution is -2.30. The fourth-order valence-corrected chi connectivity index (χ4v) is 3.46. The van der Waals surface area contributed by atoms with Crippen LogP contribution in [0.4, 0.5) is 4.39 Å². The first-order valence-corrected chi connectivity index (χ1v) is 10.4. The maximum absolute atomic E-state index is 14.3. The Morgan fingerprint density at radius 1 is 1.03 bits per heavy atom. The second-order valence-electron chi connectivity index (χ2n) is 6.93. The normalized spacial score (nSPS) is 10.8. The van der Waals surface area contributed by atoms with Crippen molar-refractivity contribution in [1.82, 2.24) is 14.7 Å². The van der Waals surface area contributed by atoms with Crippen molar-refractivity contribution in [3.8, 4) is 17.3 Å². The zero-order valence-corrected chi connectivity index (χ0v) is 17.8. The van der Waals surface area contributed by atoms with Crippen molar-refractivity contribution in [3.05, 3.63) is 71.7 Å². The van der Waals surface area contributed by atoms with E-state index in [0.717, 1.165) is 16.9 Å². The summed E-state index contributed by atoms with van der Waals surface area (Å²) in [6.07, 6.45) is 1.51. The third-order valence-electron chi connectivity index (χ3n) is 5.10. The number of hydrogen-bond donors (Lipinski definition) is 0. The third kappa shape index (κ3) is 4.70. The summed E-state index contributed by atoms with van der Waals surface area (Å²) in [5.41, 5.74) is 2.50. The van der Waals surface area contributed by atoms with Crippen LogP contribution < -0.4 is 4.74 Å². The summed E-state index contributed by atoms with van der Waals surface area (Å²) >= 11 is 0. The number of aromatic nitrogens is 2. The van der Waals surface area contributed by atoms with Gasteiger partial charge in [0.1, 0.15) is 0 Å². The number of aryl methyl sites for hydroxylation is 1. The van der Waals surface area contributed by atoms with Crippen LogP contribution in [0.15, 0.2) is 54.6 Å². The number of hydrogen-bond acceptors (Lipinski definition) is 3. The summed E-state index contributed by atoms with van der Waals surface area (Å²) in [7, 11) is 0. The van der Waals surface area contributed by atoms with E-state index < -0.39 is 5.82 Å². The van der Waals surface area contributed by atoms with Gasteiger partial charge in [-0.25, -0.2) is 9.07 Å². The van der Waals surface area contributed by atoms with Crippen LogP contribution in [0.2, 0.25) is 0 Å². The largest absolute Gasteiger partial charge is 0.436 e. The summed E-state index contributed by atoms with van der Waals surface area (Å²) in [5.74, 6) is 0.233. The molecule has 3 aromatic rings. The highest BCUT2D eigenvalue weighted by atomic mass is 19.1. The maximum Gasteiger partial charge on any atom is 0.226 e. The molecule has 0 fully saturated rings. The number of carbonyl (C=O) groups excluding carboxylic acids is 1. The molecule has 1 aromatic heterocycles. The molecular weight excluding hydrogens is 381 g/mol. The van der Waals surface area contributed by atoms with Gasteiger partial charge in [0.15, 0.2) is 11.6 Å². The van der Waals surface area contributed by atoms with Gasteiger partial charge in [0.2, 0.25) is 11.8 Å². The molecule has 2 aromatic carbocycles. The SMILES string of the molecule is CCc1nn(-c2ccccc2)c(Oc2ccccc2F)c1CCC(=O)N(CC)CC. The molecule has 3 rings (SSSR count). The summed E-state index contributed by atoms with van der Waals surface area (Å²) in [6, 6.07) is 15.9. The Bertz CT molecular complexity index is 981. The molecule has 0 aliphatic rings. The quantitative estimate of drug-likeness (QED) is 0.490. The molecule has 0 radical (unpaired) electrons. The molecule has 158 valence electrons. The molecule has 1 amide bonds. The van der Waals surface area contributed by atoms with Gasteiger partial charge < -0.3 is 9.64 Å². The highest BCUT2D eigenvalue weighted by Crippen LogP contribution is 2.33. The number of halogens is 1. The first kappa shape index (κ1) is 21.6. The van der Waals surface area contributed by atoms with Gasteiger partial charge in [-0.3, -0.25) is 4.79 Å². The van der Waals surface area contributed by atoms with Crippen molar-refractivity contribution >= 4 is 5.91 Å². The molecule has 0 aliphatic carbocycles. The van der Waals surface area contributed by atoms with Crippen LogP contribution in [0, 0.1) is 5.82 Å². The van der Waals surface area contributed by atoms with Gasteiger partial charge >= 0.3 is 0 Å². The maximum atomic E-state index is 14.3. The lowest BCUT2D eigenvalue weighted by atomic mass is 10.1. The van der Waals surface area contributed by atoms with Gasteiger partial charge in [0.25, 0.3) is 0 Å². The molecule has 0 saturated heterocycles. The van der Waals surface area contributed by atoms with Crippen molar-refractivity contribution < 1.29 is 13.9 Å². The summed E-state index contributed by atoms with van der Waals surface area (Å²) < 4.78 is 22.1. The Balaban J connectivity index is 2.02. The molecule has 30 heavy (non-hydrogen) atoms. The van der Waals surface area contributed by atoms with Gasteiger partial charge in [0.05, 0.1) is 11.4 Å². The molecule has 5 nitrogen and oxygen atoms in total. The molecule has 1 heterocycles. The summed E-state index contributed by atoms with van der Waals surface area (Å²) in [5, 5.41) is 4.73. The number of amides is 1. The molecule has 0 unspecified atom stereocenters. The molecule has 0 N–H and O–H groups in total. The van der Waals surface area contributed by atoms with Gasteiger partial charge in [-0.15, -0.1) is 0 Å². The molecule has 0 atom stereocenters. The van der Waals surface area contributed by atoms with E-state index in [-0.39, 0.29) is 11.7 Å². The average Bonchev–Trinajstić information content (AvgIpc) is 3.12. The highest BCUT2D eigenvalue weighted by Gasteiger charge is 2.22. The van der Waals surface area contributed by atoms with Crippen LogP contribution >= 0.6 is 0 Å². The average molecular weight is 410 g/mol. The fourth-order valence-electron chi connectivity index (χ4n) is 3.46. The molecule has 0 saturated carbocycles. The van der Waals surface area contributed by atoms with Gasteiger partial charge in [-0.05, 0) is 51.0 Å². The monoisotopic (exact) mass is 409 g/mol. The Morgan fingerprint density at radius 3 is 2.33 bits per heavy atom. The minimum absolute atomic E-state index is 0.0892. The standard InChI is InChI=1S/C24H28FN3O2/c1-4-21-19(16-17-23(29)27(5-2)6-3)24(30-22-15-11-10-14-20(22)25)28(26-21)18-12-8-7-9-13-18/h7-15H,4-6,16-17H2,1-3H3. The first-order valence-electron chi connectivity index (χ1n) is 10.4. The van der Waals surface area contributed by atoms with Gasteiger partial charge in [0, 0.05) is 25.1 Å². The Morgan fingerprint density at radius 2 is 1.70 bits per heavy atom. The third-order valence-corrected chi connectivity index (χ3v) is 5.10. The Labute approximate surface area is 177 Å². The Kier molecular flexibility index (Phi) is 7.22. The second kappa shape index (κ2) is 10.1. The second-order valence-corrected chi connectivity index (χ2v) is 6.93. The van der Waals surface area contributed by atoms with E-state index in [9.17, 15) is 9.18 Å². The summed E-state index contributed by atoms with van der Waals surface area (Å²) in [4.78, 5) is 14.4. The predicted octanol–water partition coefficient (Wildman–Crippen LogP) is 5.17. The van der Waals surface area contributed by atoms with Crippen molar-refractivity contribution in [3.63, 3.8) is 0 Å². The lowest BCUT2D eigenvalue weighted by Gasteiger charge is -2.18. The van der Waals surface area contributed by atoms with Crippen LogP contribution in [-0.4, -0.2) is 33.7 Å². The minimum atomic E-state index is -0.443. The van der Waals surface area contributed by atoms with E-state index in [0.29, 0.717) is 38.2 Å². The highest BCUT2D eigenvalue weighted by molar-refractivity contribution is 5.76. The first-order chi connectivity index (χ1) is 14.6. The molecule has 6 heteroatoms. The molecular formula is C24H28FN3O2. The zero-order chi connectivity index (χ0) is 21.5. The molecule has 0 aliphatic heterocycles. The van der Waals surface area contributed by atoms with Crippen molar-refractivity contribution in [1.29, 1.82) is 0 Å². The van der Waals surface area contributed by atoms with E-state index in [1.54, 1.807) is 22.9 Å². The lowest BCUT2D eigenvalue weighted by molar-refractivity contribution is -0.130. The van der Waals surface area contributed by atoms with E-state index in [2.05, 4.69) is 0 Å². The minimum Gasteiger partial charge on any atom is -0.436 e. The van der Waals surface area contributed by atoms with Crippen LogP contribution in [0.3, 0.4) is 0 Å². The van der Waals surface area contributed by atoms with E-state index in [4.69, 9.17) is 9.84 Å². The van der Waals surface area contributed by atoms with E-state index in [1.807, 2.05) is 56.0 Å². The number of rotatable bonds is 9.